The van der Waals surface area contributed by atoms with Crippen LogP contribution in [0.25, 0.3) is 10.8 Å². The van der Waals surface area contributed by atoms with E-state index in [2.05, 4.69) is 10.3 Å². The third-order valence-electron chi connectivity index (χ3n) is 3.33. The van der Waals surface area contributed by atoms with E-state index in [1.807, 2.05) is 17.5 Å². The number of benzene rings is 1. The van der Waals surface area contributed by atoms with E-state index in [-0.39, 0.29) is 17.9 Å². The normalized spacial score (nSPS) is 10.4. The van der Waals surface area contributed by atoms with E-state index < -0.39 is 10.9 Å². The second-order valence-electron chi connectivity index (χ2n) is 4.94. The first-order valence-electron chi connectivity index (χ1n) is 7.20. The number of esters is 1. The van der Waals surface area contributed by atoms with E-state index in [4.69, 9.17) is 9.15 Å². The Kier molecular flexibility index (Phi) is 4.75. The summed E-state index contributed by atoms with van der Waals surface area (Å²) >= 11 is 1.48. The molecule has 0 aliphatic carbocycles. The molecule has 0 aliphatic heterocycles. The molecule has 128 valence electrons. The molecule has 0 saturated carbocycles. The fourth-order valence-electron chi connectivity index (χ4n) is 2.13. The lowest BCUT2D eigenvalue weighted by atomic mass is 10.1. The van der Waals surface area contributed by atoms with Crippen LogP contribution in [-0.2, 0) is 11.3 Å². The number of ether oxygens (including phenoxy) is 1. The van der Waals surface area contributed by atoms with Crippen LogP contribution in [-0.4, -0.2) is 22.9 Å². The van der Waals surface area contributed by atoms with Crippen molar-refractivity contribution in [2.24, 2.45) is 0 Å². The maximum absolute atomic E-state index is 12.1. The van der Waals surface area contributed by atoms with E-state index in [1.54, 1.807) is 7.05 Å². The summed E-state index contributed by atoms with van der Waals surface area (Å²) in [6.45, 7) is -0.0880. The molecule has 3 aromatic rings. The number of nitro groups is 1. The Hall–Kier alpha value is -3.20. The number of nitrogens with one attached hydrogen (secondary N) is 1. The third kappa shape index (κ3) is 3.66. The summed E-state index contributed by atoms with van der Waals surface area (Å²) in [5.74, 6) is -0.221. The van der Waals surface area contributed by atoms with Gasteiger partial charge in [0.25, 0.3) is 5.69 Å². The fourth-order valence-corrected chi connectivity index (χ4v) is 2.79. The number of nitro benzene ring substituents is 1. The summed E-state index contributed by atoms with van der Waals surface area (Å²) < 4.78 is 10.5. The minimum Gasteiger partial charge on any atom is -0.455 e. The summed E-state index contributed by atoms with van der Waals surface area (Å²) in [4.78, 5) is 27.7. The number of nitrogens with zero attached hydrogens (tertiary/aromatic N) is 2. The van der Waals surface area contributed by atoms with Crippen molar-refractivity contribution in [2.45, 2.75) is 6.61 Å². The Balaban J connectivity index is 1.69. The smallest absolute Gasteiger partial charge is 0.338 e. The van der Waals surface area contributed by atoms with Gasteiger partial charge in [0, 0.05) is 13.1 Å². The fraction of sp³-hybridized carbons (Fsp3) is 0.125. The van der Waals surface area contributed by atoms with Crippen LogP contribution in [0.5, 0.6) is 0 Å². The number of rotatable bonds is 6. The van der Waals surface area contributed by atoms with Crippen LogP contribution >= 0.6 is 11.3 Å². The molecule has 3 rings (SSSR count). The summed E-state index contributed by atoms with van der Waals surface area (Å²) in [5.41, 5.74) is 0.669. The van der Waals surface area contributed by atoms with Gasteiger partial charge in [0.2, 0.25) is 5.89 Å². The highest BCUT2D eigenvalue weighted by atomic mass is 32.1. The molecular weight excluding hydrogens is 346 g/mol. The zero-order valence-electron chi connectivity index (χ0n) is 13.1. The van der Waals surface area contributed by atoms with Gasteiger partial charge in [0.05, 0.1) is 15.4 Å². The van der Waals surface area contributed by atoms with Gasteiger partial charge in [-0.05, 0) is 23.6 Å². The van der Waals surface area contributed by atoms with Crippen LogP contribution in [0, 0.1) is 10.1 Å². The van der Waals surface area contributed by atoms with Crippen LogP contribution in [0.1, 0.15) is 16.1 Å². The molecule has 1 aromatic carbocycles. The number of aromatic nitrogens is 1. The first kappa shape index (κ1) is 16.7. The molecule has 8 nitrogen and oxygen atoms in total. The number of hydrogen-bond donors (Lipinski definition) is 1. The van der Waals surface area contributed by atoms with Gasteiger partial charge in [-0.25, -0.2) is 9.78 Å². The van der Waals surface area contributed by atoms with Crippen LogP contribution in [0.3, 0.4) is 0 Å². The van der Waals surface area contributed by atoms with Crippen molar-refractivity contribution in [2.75, 3.05) is 12.4 Å². The van der Waals surface area contributed by atoms with Crippen molar-refractivity contribution in [3.8, 4) is 10.8 Å². The highest BCUT2D eigenvalue weighted by Gasteiger charge is 2.18. The second-order valence-corrected chi connectivity index (χ2v) is 5.88. The van der Waals surface area contributed by atoms with Gasteiger partial charge in [-0.1, -0.05) is 6.07 Å². The molecule has 0 unspecified atom stereocenters. The Morgan fingerprint density at radius 1 is 1.44 bits per heavy atom. The minimum absolute atomic E-state index is 0.0880. The molecule has 0 aliphatic rings. The Bertz CT molecular complexity index is 904. The third-order valence-corrected chi connectivity index (χ3v) is 4.19. The number of hydrogen-bond acceptors (Lipinski definition) is 8. The maximum Gasteiger partial charge on any atom is 0.338 e. The summed E-state index contributed by atoms with van der Waals surface area (Å²) in [5, 5.41) is 15.6. The predicted molar refractivity (Wildman–Crippen MR) is 91.6 cm³/mol. The van der Waals surface area contributed by atoms with Crippen LogP contribution in [0.2, 0.25) is 0 Å². The first-order valence-corrected chi connectivity index (χ1v) is 8.08. The zero-order valence-corrected chi connectivity index (χ0v) is 13.9. The van der Waals surface area contributed by atoms with Crippen LogP contribution < -0.4 is 5.32 Å². The van der Waals surface area contributed by atoms with Crippen LogP contribution in [0.4, 0.5) is 11.4 Å². The molecule has 0 bridgehead atoms. The van der Waals surface area contributed by atoms with Gasteiger partial charge in [-0.3, -0.25) is 10.1 Å². The lowest BCUT2D eigenvalue weighted by Crippen LogP contribution is -2.07. The van der Waals surface area contributed by atoms with Crippen molar-refractivity contribution in [1.29, 1.82) is 0 Å². The molecule has 0 radical (unpaired) electrons. The Labute approximate surface area is 146 Å². The quantitative estimate of drug-likeness (QED) is 0.406. The van der Waals surface area contributed by atoms with Gasteiger partial charge in [0.1, 0.15) is 24.3 Å². The zero-order chi connectivity index (χ0) is 17.8. The number of carbonyl (C=O) groups excluding carboxylic acids is 1. The van der Waals surface area contributed by atoms with Crippen molar-refractivity contribution in [3.05, 3.63) is 63.3 Å². The molecule has 25 heavy (non-hydrogen) atoms. The summed E-state index contributed by atoms with van der Waals surface area (Å²) in [7, 11) is 1.57. The average Bonchev–Trinajstić information content (AvgIpc) is 3.30. The topological polar surface area (TPSA) is 108 Å². The molecule has 0 amide bonds. The van der Waals surface area contributed by atoms with Gasteiger partial charge in [-0.15, -0.1) is 11.3 Å². The van der Waals surface area contributed by atoms with Crippen molar-refractivity contribution in [1.82, 2.24) is 4.98 Å². The lowest BCUT2D eigenvalue weighted by molar-refractivity contribution is -0.384. The summed E-state index contributed by atoms with van der Waals surface area (Å²) in [6, 6.07) is 7.84. The predicted octanol–water partition coefficient (Wildman–Crippen LogP) is 3.71. The molecule has 0 fully saturated rings. The minimum atomic E-state index is -0.675. The standard InChI is InChI=1S/C16H13N3O5S/c1-17-12-5-4-10(7-13(12)19(21)22)16(20)24-9-11-8-23-15(18-11)14-3-2-6-25-14/h2-8,17H,9H2,1H3. The number of thiophene rings is 1. The van der Waals surface area contributed by atoms with Gasteiger partial charge in [0.15, 0.2) is 0 Å². The van der Waals surface area contributed by atoms with E-state index in [0.717, 1.165) is 4.88 Å². The molecule has 0 atom stereocenters. The highest BCUT2D eigenvalue weighted by Crippen LogP contribution is 2.26. The molecule has 0 spiro atoms. The van der Waals surface area contributed by atoms with E-state index >= 15 is 0 Å². The van der Waals surface area contributed by atoms with Gasteiger partial charge in [-0.2, -0.15) is 0 Å². The second kappa shape index (κ2) is 7.14. The lowest BCUT2D eigenvalue weighted by Gasteiger charge is -2.05. The number of carbonyl (C=O) groups is 1. The SMILES string of the molecule is CNc1ccc(C(=O)OCc2coc(-c3cccs3)n2)cc1[N+](=O)[O-]. The van der Waals surface area contributed by atoms with E-state index in [9.17, 15) is 14.9 Å². The first-order chi connectivity index (χ1) is 12.1. The molecule has 2 aromatic heterocycles. The molecule has 2 heterocycles. The summed E-state index contributed by atoms with van der Waals surface area (Å²) in [6.07, 6.45) is 1.41. The van der Waals surface area contributed by atoms with Crippen molar-refractivity contribution < 1.29 is 18.9 Å². The Morgan fingerprint density at radius 3 is 2.96 bits per heavy atom. The highest BCUT2D eigenvalue weighted by molar-refractivity contribution is 7.13. The van der Waals surface area contributed by atoms with Crippen molar-refractivity contribution in [3.63, 3.8) is 0 Å². The molecule has 1 N–H and O–H groups in total. The average molecular weight is 359 g/mol. The van der Waals surface area contributed by atoms with E-state index in [0.29, 0.717) is 17.3 Å². The van der Waals surface area contributed by atoms with E-state index in [1.165, 1.54) is 35.8 Å². The molecule has 9 heteroatoms. The number of anilines is 1. The Morgan fingerprint density at radius 2 is 2.28 bits per heavy atom. The largest absolute Gasteiger partial charge is 0.455 e. The van der Waals surface area contributed by atoms with Crippen molar-refractivity contribution >= 4 is 28.7 Å². The molecule has 0 saturated heterocycles. The van der Waals surface area contributed by atoms with Gasteiger partial charge < -0.3 is 14.5 Å². The maximum atomic E-state index is 12.1. The van der Waals surface area contributed by atoms with Crippen LogP contribution in [0.15, 0.2) is 46.4 Å². The number of oxazole rings is 1. The monoisotopic (exact) mass is 359 g/mol. The molecular formula is C16H13N3O5S. The van der Waals surface area contributed by atoms with Gasteiger partial charge >= 0.3 is 5.97 Å².